The van der Waals surface area contributed by atoms with Crippen LogP contribution in [0.25, 0.3) is 0 Å². The number of nitrogens with two attached hydrogens (primary N) is 1. The molecule has 1 aliphatic rings. The zero-order valence-corrected chi connectivity index (χ0v) is 9.83. The molecule has 0 aromatic carbocycles. The van der Waals surface area contributed by atoms with E-state index >= 15 is 0 Å². The molecule has 0 radical (unpaired) electrons. The van der Waals surface area contributed by atoms with E-state index in [1.165, 1.54) is 0 Å². The molecule has 16 heavy (non-hydrogen) atoms. The van der Waals surface area contributed by atoms with Crippen molar-refractivity contribution in [1.82, 2.24) is 0 Å². The third-order valence-electron chi connectivity index (χ3n) is 2.60. The lowest BCUT2D eigenvalue weighted by Crippen LogP contribution is -2.58. The fourth-order valence-electron chi connectivity index (χ4n) is 1.57. The predicted octanol–water partition coefficient (Wildman–Crippen LogP) is -1.78. The Morgan fingerprint density at radius 2 is 2.06 bits per heavy atom. The Bertz CT molecular complexity index is 280. The lowest BCUT2D eigenvalue weighted by atomic mass is 9.90. The van der Waals surface area contributed by atoms with E-state index in [0.29, 0.717) is 0 Å². The molecule has 0 spiro atoms. The highest BCUT2D eigenvalue weighted by Crippen LogP contribution is 2.40. The van der Waals surface area contributed by atoms with E-state index in [-0.39, 0.29) is 0 Å². The second-order valence-corrected chi connectivity index (χ2v) is 5.46. The van der Waals surface area contributed by atoms with Crippen molar-refractivity contribution in [2.75, 3.05) is 6.61 Å². The van der Waals surface area contributed by atoms with Crippen LogP contribution in [0, 0.1) is 5.92 Å². The number of hydrogen-bond donors (Lipinski definition) is 5. The van der Waals surface area contributed by atoms with Crippen molar-refractivity contribution >= 4 is 13.9 Å². The normalized spacial score (nSPS) is 41.0. The Morgan fingerprint density at radius 3 is 2.50 bits per heavy atom. The second kappa shape index (κ2) is 5.12. The molecule has 0 bridgehead atoms. The molecule has 0 amide bonds. The minimum absolute atomic E-state index is 0.401. The van der Waals surface area contributed by atoms with E-state index in [1.807, 2.05) is 0 Å². The van der Waals surface area contributed by atoms with Gasteiger partial charge in [0.2, 0.25) is 7.57 Å². The molecule has 0 aliphatic carbocycles. The van der Waals surface area contributed by atoms with Gasteiger partial charge in [-0.2, -0.15) is 0 Å². The van der Waals surface area contributed by atoms with Crippen molar-refractivity contribution in [3.63, 3.8) is 0 Å². The Kier molecular flexibility index (Phi) is 4.50. The van der Waals surface area contributed by atoms with Crippen LogP contribution in [0.15, 0.2) is 0 Å². The van der Waals surface area contributed by atoms with E-state index in [4.69, 9.17) is 29.9 Å². The molecule has 5 atom stereocenters. The van der Waals surface area contributed by atoms with Crippen LogP contribution >= 0.6 is 7.57 Å². The highest BCUT2D eigenvalue weighted by Gasteiger charge is 2.42. The van der Waals surface area contributed by atoms with Gasteiger partial charge in [0.1, 0.15) is 6.10 Å². The van der Waals surface area contributed by atoms with Crippen LogP contribution in [0.4, 0.5) is 0 Å². The maximum atomic E-state index is 9.67. The first-order chi connectivity index (χ1) is 7.26. The van der Waals surface area contributed by atoms with Crippen LogP contribution in [-0.2, 0) is 9.26 Å². The Hall–Kier alpha value is 0.0200. The van der Waals surface area contributed by atoms with Gasteiger partial charge in [0.05, 0.1) is 18.8 Å². The molecule has 0 unspecified atom stereocenters. The number of aliphatic hydroxyl groups is 2. The third kappa shape index (κ3) is 3.26. The number of aliphatic hydroxyl groups excluding tert-OH is 2. The van der Waals surface area contributed by atoms with Gasteiger partial charge in [-0.3, -0.25) is 4.52 Å². The number of ether oxygens (including phenoxy) is 1. The number of rotatable bonds is 3. The average molecular weight is 255 g/mol. The van der Waals surface area contributed by atoms with Crippen LogP contribution in [-0.4, -0.2) is 57.4 Å². The van der Waals surface area contributed by atoms with Gasteiger partial charge in [-0.25, -0.2) is 0 Å². The molecule has 1 rings (SSSR count). The molecule has 8 heteroatoms. The summed E-state index contributed by atoms with van der Waals surface area (Å²) in [5, 5.41) is 18.6. The van der Waals surface area contributed by atoms with Crippen LogP contribution in [0.1, 0.15) is 6.92 Å². The summed E-state index contributed by atoms with van der Waals surface area (Å²) in [5.41, 5.74) is 5.71. The van der Waals surface area contributed by atoms with Crippen LogP contribution in [0.3, 0.4) is 0 Å². The SMILES string of the molecule is C=P(O)(O)O[C@H]1O[C@H](CO)[C@@H](O)[C@H](C)[C@H]1N. The van der Waals surface area contributed by atoms with Crippen molar-refractivity contribution in [2.24, 2.45) is 11.7 Å². The molecule has 1 saturated heterocycles. The highest BCUT2D eigenvalue weighted by atomic mass is 31.2. The van der Waals surface area contributed by atoms with E-state index in [1.54, 1.807) is 6.92 Å². The molecule has 0 saturated carbocycles. The minimum atomic E-state index is -3.72. The van der Waals surface area contributed by atoms with Gasteiger partial charge in [-0.15, -0.1) is 0 Å². The summed E-state index contributed by atoms with van der Waals surface area (Å²) in [6.45, 7) is 1.26. The van der Waals surface area contributed by atoms with Crippen LogP contribution < -0.4 is 5.73 Å². The summed E-state index contributed by atoms with van der Waals surface area (Å²) in [5.74, 6) is -0.401. The van der Waals surface area contributed by atoms with Crippen LogP contribution in [0.5, 0.6) is 0 Å². The maximum Gasteiger partial charge on any atom is 0.247 e. The fourth-order valence-corrected chi connectivity index (χ4v) is 2.09. The molecule has 0 aromatic heterocycles. The van der Waals surface area contributed by atoms with Crippen molar-refractivity contribution < 1.29 is 29.3 Å². The molecular formula is C8H18NO6P. The quantitative estimate of drug-likeness (QED) is 0.377. The molecule has 0 aromatic rings. The molecule has 6 N–H and O–H groups in total. The van der Waals surface area contributed by atoms with Crippen molar-refractivity contribution in [3.8, 4) is 0 Å². The lowest BCUT2D eigenvalue weighted by molar-refractivity contribution is -0.224. The van der Waals surface area contributed by atoms with E-state index in [0.717, 1.165) is 0 Å². The van der Waals surface area contributed by atoms with Gasteiger partial charge in [0.15, 0.2) is 6.29 Å². The summed E-state index contributed by atoms with van der Waals surface area (Å²) in [4.78, 5) is 18.1. The van der Waals surface area contributed by atoms with Crippen molar-refractivity contribution in [2.45, 2.75) is 31.5 Å². The van der Waals surface area contributed by atoms with Gasteiger partial charge >= 0.3 is 0 Å². The standard InChI is InChI=1S/C8H18NO6P/c1-4-6(9)8(15-16(2,12)13)14-5(3-10)7(4)11/h4-8,10-13H,2-3,9H2,1H3/t4-,5-,6-,7+,8-/m1/s1. The molecule has 1 heterocycles. The molecule has 1 aliphatic heterocycles. The first-order valence-electron chi connectivity index (χ1n) is 4.83. The Balaban J connectivity index is 2.75. The van der Waals surface area contributed by atoms with Crippen LogP contribution in [0.2, 0.25) is 0 Å². The largest absolute Gasteiger partial charge is 0.394 e. The topological polar surface area (TPSA) is 125 Å². The second-order valence-electron chi connectivity index (χ2n) is 3.92. The van der Waals surface area contributed by atoms with E-state index in [2.05, 4.69) is 6.30 Å². The summed E-state index contributed by atoms with van der Waals surface area (Å²) in [6.07, 6.45) is 0.156. The maximum absolute atomic E-state index is 9.67. The van der Waals surface area contributed by atoms with E-state index < -0.39 is 44.6 Å². The zero-order chi connectivity index (χ0) is 12.5. The van der Waals surface area contributed by atoms with Gasteiger partial charge in [0.25, 0.3) is 0 Å². The van der Waals surface area contributed by atoms with E-state index in [9.17, 15) is 5.11 Å². The summed E-state index contributed by atoms with van der Waals surface area (Å²) in [7, 11) is -3.72. The zero-order valence-electron chi connectivity index (χ0n) is 8.93. The van der Waals surface area contributed by atoms with Gasteiger partial charge in [-0.05, 0) is 6.30 Å². The van der Waals surface area contributed by atoms with Crippen molar-refractivity contribution in [1.29, 1.82) is 0 Å². The predicted molar refractivity (Wildman–Crippen MR) is 58.5 cm³/mol. The summed E-state index contributed by atoms with van der Waals surface area (Å²) in [6, 6.07) is -0.724. The molecule has 96 valence electrons. The first kappa shape index (κ1) is 14.1. The summed E-state index contributed by atoms with van der Waals surface area (Å²) >= 11 is 0. The lowest BCUT2D eigenvalue weighted by Gasteiger charge is -2.41. The molecule has 7 nitrogen and oxygen atoms in total. The van der Waals surface area contributed by atoms with Gasteiger partial charge in [0, 0.05) is 5.92 Å². The van der Waals surface area contributed by atoms with Gasteiger partial charge in [-0.1, -0.05) is 6.92 Å². The van der Waals surface area contributed by atoms with Gasteiger partial charge < -0.3 is 30.5 Å². The number of hydrogen-bond acceptors (Lipinski definition) is 7. The third-order valence-corrected chi connectivity index (χ3v) is 3.15. The van der Waals surface area contributed by atoms with Crippen molar-refractivity contribution in [3.05, 3.63) is 0 Å². The Morgan fingerprint density at radius 1 is 1.50 bits per heavy atom. The average Bonchev–Trinajstić information content (AvgIpc) is 2.17. The Labute approximate surface area is 93.6 Å². The first-order valence-corrected chi connectivity index (χ1v) is 6.63. The monoisotopic (exact) mass is 255 g/mol. The molecule has 1 fully saturated rings. The fraction of sp³-hybridized carbons (Fsp3) is 0.875. The minimum Gasteiger partial charge on any atom is -0.394 e. The molecular weight excluding hydrogens is 237 g/mol. The highest BCUT2D eigenvalue weighted by molar-refractivity contribution is 7.57. The summed E-state index contributed by atoms with van der Waals surface area (Å²) < 4.78 is 9.91. The smallest absolute Gasteiger partial charge is 0.247 e.